The lowest BCUT2D eigenvalue weighted by Gasteiger charge is -2.14. The molecular weight excluding hydrogens is 270 g/mol. The molecule has 0 aliphatic heterocycles. The number of rotatable bonds is 1. The van der Waals surface area contributed by atoms with E-state index in [1.807, 2.05) is 18.2 Å². The van der Waals surface area contributed by atoms with Crippen LogP contribution >= 0.6 is 0 Å². The first kappa shape index (κ1) is 12.2. The molecule has 0 bridgehead atoms. The smallest absolute Gasteiger partial charge is 0.160 e. The van der Waals surface area contributed by atoms with Crippen LogP contribution in [-0.2, 0) is 0 Å². The molecular formula is C19H17N3. The highest BCUT2D eigenvalue weighted by molar-refractivity contribution is 6.06. The van der Waals surface area contributed by atoms with Gasteiger partial charge < -0.3 is 4.57 Å². The van der Waals surface area contributed by atoms with Crippen LogP contribution in [0.2, 0.25) is 0 Å². The summed E-state index contributed by atoms with van der Waals surface area (Å²) >= 11 is 0. The Hall–Kier alpha value is -2.42. The van der Waals surface area contributed by atoms with Gasteiger partial charge >= 0.3 is 0 Å². The minimum atomic E-state index is 0.567. The van der Waals surface area contributed by atoms with E-state index in [-0.39, 0.29) is 0 Å². The van der Waals surface area contributed by atoms with Gasteiger partial charge in [0, 0.05) is 11.4 Å². The van der Waals surface area contributed by atoms with E-state index in [0.717, 1.165) is 22.2 Å². The molecule has 1 fully saturated rings. The molecule has 5 rings (SSSR count). The summed E-state index contributed by atoms with van der Waals surface area (Å²) in [6.07, 6.45) is 5.14. The Morgan fingerprint density at radius 1 is 0.818 bits per heavy atom. The van der Waals surface area contributed by atoms with Crippen LogP contribution in [0.1, 0.15) is 31.7 Å². The fraction of sp³-hybridized carbons (Fsp3) is 0.263. The Labute approximate surface area is 128 Å². The van der Waals surface area contributed by atoms with Crippen LogP contribution in [0.4, 0.5) is 0 Å². The first-order valence-corrected chi connectivity index (χ1v) is 8.07. The Kier molecular flexibility index (Phi) is 2.51. The average molecular weight is 287 g/mol. The van der Waals surface area contributed by atoms with Gasteiger partial charge in [-0.1, -0.05) is 43.2 Å². The molecule has 0 unspecified atom stereocenters. The molecule has 2 heterocycles. The Balaban J connectivity index is 1.96. The van der Waals surface area contributed by atoms with Crippen molar-refractivity contribution in [2.24, 2.45) is 0 Å². The average Bonchev–Trinajstić information content (AvgIpc) is 3.18. The largest absolute Gasteiger partial charge is 0.321 e. The van der Waals surface area contributed by atoms with Crippen molar-refractivity contribution in [1.29, 1.82) is 0 Å². The van der Waals surface area contributed by atoms with Crippen molar-refractivity contribution in [2.75, 3.05) is 0 Å². The summed E-state index contributed by atoms with van der Waals surface area (Å²) in [4.78, 5) is 9.87. The molecule has 1 saturated carbocycles. The van der Waals surface area contributed by atoms with Gasteiger partial charge in [-0.3, -0.25) is 0 Å². The van der Waals surface area contributed by atoms with Gasteiger partial charge in [-0.05, 0) is 31.0 Å². The van der Waals surface area contributed by atoms with E-state index in [1.165, 1.54) is 36.6 Å². The van der Waals surface area contributed by atoms with Gasteiger partial charge in [0.15, 0.2) is 5.65 Å². The molecule has 22 heavy (non-hydrogen) atoms. The summed E-state index contributed by atoms with van der Waals surface area (Å²) in [7, 11) is 0. The van der Waals surface area contributed by atoms with Crippen LogP contribution in [0.15, 0.2) is 48.5 Å². The van der Waals surface area contributed by atoms with Gasteiger partial charge in [-0.15, -0.1) is 0 Å². The molecule has 0 amide bonds. The highest BCUT2D eigenvalue weighted by Crippen LogP contribution is 2.37. The fourth-order valence-electron chi connectivity index (χ4n) is 3.87. The molecule has 0 N–H and O–H groups in total. The van der Waals surface area contributed by atoms with Gasteiger partial charge in [0.2, 0.25) is 0 Å². The number of hydrogen-bond acceptors (Lipinski definition) is 2. The van der Waals surface area contributed by atoms with Gasteiger partial charge in [-0.2, -0.15) is 0 Å². The lowest BCUT2D eigenvalue weighted by molar-refractivity contribution is 0.547. The van der Waals surface area contributed by atoms with Crippen LogP contribution in [0.25, 0.3) is 33.1 Å². The zero-order valence-electron chi connectivity index (χ0n) is 12.4. The molecule has 1 aliphatic carbocycles. The summed E-state index contributed by atoms with van der Waals surface area (Å²) in [5, 5.41) is 1.22. The van der Waals surface area contributed by atoms with Crippen molar-refractivity contribution in [3.63, 3.8) is 0 Å². The highest BCUT2D eigenvalue weighted by Gasteiger charge is 2.23. The van der Waals surface area contributed by atoms with Gasteiger partial charge in [0.25, 0.3) is 0 Å². The Morgan fingerprint density at radius 3 is 2.32 bits per heavy atom. The maximum absolute atomic E-state index is 4.96. The minimum absolute atomic E-state index is 0.567. The lowest BCUT2D eigenvalue weighted by Crippen LogP contribution is -2.05. The lowest BCUT2D eigenvalue weighted by atomic mass is 10.2. The summed E-state index contributed by atoms with van der Waals surface area (Å²) in [6, 6.07) is 17.3. The summed E-state index contributed by atoms with van der Waals surface area (Å²) in [5.41, 5.74) is 5.33. The van der Waals surface area contributed by atoms with E-state index >= 15 is 0 Å². The quantitative estimate of drug-likeness (QED) is 0.501. The number of benzene rings is 2. The predicted molar refractivity (Wildman–Crippen MR) is 90.0 cm³/mol. The number of fused-ring (bicyclic) bond motifs is 4. The van der Waals surface area contributed by atoms with Crippen molar-refractivity contribution < 1.29 is 0 Å². The molecule has 3 nitrogen and oxygen atoms in total. The van der Waals surface area contributed by atoms with E-state index in [4.69, 9.17) is 9.97 Å². The summed E-state index contributed by atoms with van der Waals surface area (Å²) in [6.45, 7) is 0. The first-order valence-electron chi connectivity index (χ1n) is 8.07. The third-order valence-corrected chi connectivity index (χ3v) is 4.89. The zero-order chi connectivity index (χ0) is 14.5. The molecule has 108 valence electrons. The number of para-hydroxylation sites is 3. The Bertz CT molecular complexity index is 994. The van der Waals surface area contributed by atoms with Crippen LogP contribution in [0.3, 0.4) is 0 Å². The second-order valence-electron chi connectivity index (χ2n) is 6.21. The van der Waals surface area contributed by atoms with Gasteiger partial charge in [0.05, 0.1) is 16.6 Å². The normalized spacial score (nSPS) is 16.2. The fourth-order valence-corrected chi connectivity index (χ4v) is 3.87. The van der Waals surface area contributed by atoms with Crippen LogP contribution < -0.4 is 0 Å². The number of nitrogens with zero attached hydrogens (tertiary/aromatic N) is 3. The molecule has 3 heteroatoms. The summed E-state index contributed by atoms with van der Waals surface area (Å²) < 4.78 is 2.44. The maximum Gasteiger partial charge on any atom is 0.160 e. The summed E-state index contributed by atoms with van der Waals surface area (Å²) in [5.74, 6) is 0. The molecule has 2 aromatic carbocycles. The molecule has 4 aromatic rings. The van der Waals surface area contributed by atoms with E-state index in [1.54, 1.807) is 0 Å². The van der Waals surface area contributed by atoms with Crippen LogP contribution in [0.5, 0.6) is 0 Å². The molecule has 0 spiro atoms. The number of aromatic nitrogens is 3. The van der Waals surface area contributed by atoms with E-state index < -0.39 is 0 Å². The molecule has 1 aliphatic rings. The van der Waals surface area contributed by atoms with E-state index in [0.29, 0.717) is 6.04 Å². The second kappa shape index (κ2) is 4.54. The van der Waals surface area contributed by atoms with Crippen LogP contribution in [0, 0.1) is 0 Å². The second-order valence-corrected chi connectivity index (χ2v) is 6.21. The molecule has 2 aromatic heterocycles. The van der Waals surface area contributed by atoms with Crippen molar-refractivity contribution in [3.8, 4) is 0 Å². The molecule has 0 radical (unpaired) electrons. The predicted octanol–water partition coefficient (Wildman–Crippen LogP) is 4.85. The van der Waals surface area contributed by atoms with E-state index in [9.17, 15) is 0 Å². The topological polar surface area (TPSA) is 30.7 Å². The van der Waals surface area contributed by atoms with Crippen molar-refractivity contribution in [2.45, 2.75) is 31.7 Å². The highest BCUT2D eigenvalue weighted by atomic mass is 15.1. The first-order chi connectivity index (χ1) is 10.9. The van der Waals surface area contributed by atoms with Crippen molar-refractivity contribution in [3.05, 3.63) is 48.5 Å². The van der Waals surface area contributed by atoms with Crippen LogP contribution in [-0.4, -0.2) is 14.5 Å². The van der Waals surface area contributed by atoms with Crippen molar-refractivity contribution in [1.82, 2.24) is 14.5 Å². The standard InChI is InChI=1S/C19H17N3/c1-2-8-13(7-1)22-17-12-6-3-9-14(17)18-19(22)21-16-11-5-4-10-15(16)20-18/h3-6,9-13H,1-2,7-8H2. The van der Waals surface area contributed by atoms with Crippen molar-refractivity contribution >= 4 is 33.1 Å². The van der Waals surface area contributed by atoms with Gasteiger partial charge in [0.1, 0.15) is 5.52 Å². The Morgan fingerprint density at radius 2 is 1.50 bits per heavy atom. The molecule has 0 atom stereocenters. The third kappa shape index (κ3) is 1.62. The van der Waals surface area contributed by atoms with E-state index in [2.05, 4.69) is 34.9 Å². The SMILES string of the molecule is c1ccc2nc3c(nc2c1)c1ccccc1n3C1CCCC1. The number of hydrogen-bond donors (Lipinski definition) is 0. The zero-order valence-corrected chi connectivity index (χ0v) is 12.4. The molecule has 0 saturated heterocycles. The monoisotopic (exact) mass is 287 g/mol. The maximum atomic E-state index is 4.96. The minimum Gasteiger partial charge on any atom is -0.321 e. The van der Waals surface area contributed by atoms with Gasteiger partial charge in [-0.25, -0.2) is 9.97 Å². The third-order valence-electron chi connectivity index (χ3n) is 4.89.